The molecule has 0 radical (unpaired) electrons. The molecule has 0 saturated carbocycles. The number of benzene rings is 1. The maximum absolute atomic E-state index is 9.23. The van der Waals surface area contributed by atoms with Crippen molar-refractivity contribution in [3.8, 4) is 0 Å². The second-order valence-corrected chi connectivity index (χ2v) is 3.18. The minimum absolute atomic E-state index is 0.238. The summed E-state index contributed by atoms with van der Waals surface area (Å²) >= 11 is 0. The van der Waals surface area contributed by atoms with Crippen molar-refractivity contribution in [2.24, 2.45) is 0 Å². The average molecular weight is 164 g/mol. The van der Waals surface area contributed by atoms with E-state index in [2.05, 4.69) is 19.1 Å². The van der Waals surface area contributed by atoms with Crippen molar-refractivity contribution in [1.29, 1.82) is 0 Å². The van der Waals surface area contributed by atoms with Crippen molar-refractivity contribution in [3.05, 3.63) is 35.4 Å². The van der Waals surface area contributed by atoms with Crippen LogP contribution >= 0.6 is 0 Å². The Morgan fingerprint density at radius 1 is 1.25 bits per heavy atom. The molecule has 1 N–H and O–H groups in total. The molecule has 1 rings (SSSR count). The van der Waals surface area contributed by atoms with Crippen LogP contribution in [0.3, 0.4) is 0 Å². The second kappa shape index (κ2) is 4.27. The Balaban J connectivity index is 2.82. The Kier molecular flexibility index (Phi) is 3.30. The summed E-state index contributed by atoms with van der Waals surface area (Å²) < 4.78 is 0. The van der Waals surface area contributed by atoms with Crippen molar-refractivity contribution in [1.82, 2.24) is 0 Å². The zero-order valence-corrected chi connectivity index (χ0v) is 7.75. The quantitative estimate of drug-likeness (QED) is 0.726. The van der Waals surface area contributed by atoms with Crippen LogP contribution < -0.4 is 0 Å². The van der Waals surface area contributed by atoms with E-state index in [9.17, 15) is 5.11 Å². The third kappa shape index (κ3) is 2.35. The van der Waals surface area contributed by atoms with Gasteiger partial charge in [0.25, 0.3) is 0 Å². The van der Waals surface area contributed by atoms with E-state index in [1.54, 1.807) is 0 Å². The molecule has 0 unspecified atom stereocenters. The standard InChI is InChI=1S/C11H16O/c1-3-10-6-4-5-7-11(10)8-9(2)12/h4-7,9,12H,3,8H2,1-2H3/t9-/m0/s1. The zero-order valence-electron chi connectivity index (χ0n) is 7.75. The van der Waals surface area contributed by atoms with Gasteiger partial charge in [-0.1, -0.05) is 31.2 Å². The Labute approximate surface area is 74.1 Å². The van der Waals surface area contributed by atoms with E-state index in [-0.39, 0.29) is 6.10 Å². The van der Waals surface area contributed by atoms with Crippen LogP contribution in [-0.2, 0) is 12.8 Å². The van der Waals surface area contributed by atoms with Gasteiger partial charge in [0, 0.05) is 0 Å². The summed E-state index contributed by atoms with van der Waals surface area (Å²) in [5.74, 6) is 0. The maximum atomic E-state index is 9.23. The lowest BCUT2D eigenvalue weighted by Gasteiger charge is -2.08. The molecule has 0 heterocycles. The van der Waals surface area contributed by atoms with E-state index in [4.69, 9.17) is 0 Å². The van der Waals surface area contributed by atoms with Crippen LogP contribution in [-0.4, -0.2) is 11.2 Å². The summed E-state index contributed by atoms with van der Waals surface area (Å²) in [7, 11) is 0. The van der Waals surface area contributed by atoms with Crippen LogP contribution in [0.2, 0.25) is 0 Å². The monoisotopic (exact) mass is 164 g/mol. The largest absolute Gasteiger partial charge is 0.393 e. The fourth-order valence-corrected chi connectivity index (χ4v) is 1.42. The van der Waals surface area contributed by atoms with E-state index in [1.807, 2.05) is 19.1 Å². The molecule has 0 fully saturated rings. The van der Waals surface area contributed by atoms with Gasteiger partial charge in [0.15, 0.2) is 0 Å². The first-order chi connectivity index (χ1) is 5.74. The third-order valence-electron chi connectivity index (χ3n) is 2.01. The van der Waals surface area contributed by atoms with Gasteiger partial charge in [-0.3, -0.25) is 0 Å². The van der Waals surface area contributed by atoms with E-state index in [0.717, 1.165) is 12.8 Å². The molecule has 1 aromatic rings. The molecule has 1 nitrogen and oxygen atoms in total. The van der Waals surface area contributed by atoms with Crippen LogP contribution in [0.4, 0.5) is 0 Å². The number of aliphatic hydroxyl groups is 1. The molecule has 0 bridgehead atoms. The van der Waals surface area contributed by atoms with Gasteiger partial charge >= 0.3 is 0 Å². The summed E-state index contributed by atoms with van der Waals surface area (Å²) in [6, 6.07) is 8.28. The highest BCUT2D eigenvalue weighted by molar-refractivity contribution is 5.27. The molecule has 1 atom stereocenters. The fourth-order valence-electron chi connectivity index (χ4n) is 1.42. The number of hydrogen-bond donors (Lipinski definition) is 1. The maximum Gasteiger partial charge on any atom is 0.0552 e. The molecule has 0 aromatic heterocycles. The van der Waals surface area contributed by atoms with Crippen LogP contribution in [0.1, 0.15) is 25.0 Å². The number of rotatable bonds is 3. The first-order valence-corrected chi connectivity index (χ1v) is 4.49. The van der Waals surface area contributed by atoms with E-state index < -0.39 is 0 Å². The van der Waals surface area contributed by atoms with Crippen LogP contribution in [0, 0.1) is 0 Å². The molecule has 66 valence electrons. The lowest BCUT2D eigenvalue weighted by molar-refractivity contribution is 0.195. The molecular formula is C11H16O. The van der Waals surface area contributed by atoms with E-state index in [1.165, 1.54) is 11.1 Å². The Bertz CT molecular complexity index is 241. The molecule has 0 aliphatic rings. The fraction of sp³-hybridized carbons (Fsp3) is 0.455. The molecule has 1 heteroatoms. The first kappa shape index (κ1) is 9.27. The van der Waals surface area contributed by atoms with E-state index >= 15 is 0 Å². The molecule has 12 heavy (non-hydrogen) atoms. The van der Waals surface area contributed by atoms with Crippen molar-refractivity contribution in [2.75, 3.05) is 0 Å². The van der Waals surface area contributed by atoms with Gasteiger partial charge in [-0.05, 0) is 30.9 Å². The summed E-state index contributed by atoms with van der Waals surface area (Å²) in [4.78, 5) is 0. The van der Waals surface area contributed by atoms with Gasteiger partial charge in [0.2, 0.25) is 0 Å². The van der Waals surface area contributed by atoms with Crippen molar-refractivity contribution >= 4 is 0 Å². The third-order valence-corrected chi connectivity index (χ3v) is 2.01. The molecule has 0 saturated heterocycles. The van der Waals surface area contributed by atoms with E-state index in [0.29, 0.717) is 0 Å². The lowest BCUT2D eigenvalue weighted by atomic mass is 10.0. The predicted molar refractivity (Wildman–Crippen MR) is 51.2 cm³/mol. The van der Waals surface area contributed by atoms with Gasteiger partial charge in [-0.2, -0.15) is 0 Å². The molecule has 0 spiro atoms. The number of aryl methyl sites for hydroxylation is 1. The summed E-state index contributed by atoms with van der Waals surface area (Å²) in [5.41, 5.74) is 2.62. The average Bonchev–Trinajstić information content (AvgIpc) is 2.04. The topological polar surface area (TPSA) is 20.2 Å². The van der Waals surface area contributed by atoms with Gasteiger partial charge < -0.3 is 5.11 Å². The minimum atomic E-state index is -0.238. The highest BCUT2D eigenvalue weighted by Gasteiger charge is 2.02. The SMILES string of the molecule is CCc1ccccc1C[C@H](C)O. The normalized spacial score (nSPS) is 12.9. The molecule has 1 aromatic carbocycles. The highest BCUT2D eigenvalue weighted by Crippen LogP contribution is 2.11. The Morgan fingerprint density at radius 2 is 1.83 bits per heavy atom. The molecule has 0 amide bonds. The summed E-state index contributed by atoms with van der Waals surface area (Å²) in [6.07, 6.45) is 1.57. The van der Waals surface area contributed by atoms with Crippen molar-refractivity contribution in [3.63, 3.8) is 0 Å². The highest BCUT2D eigenvalue weighted by atomic mass is 16.3. The van der Waals surface area contributed by atoms with Crippen LogP contribution in [0.25, 0.3) is 0 Å². The Hall–Kier alpha value is -0.820. The van der Waals surface area contributed by atoms with Crippen LogP contribution in [0.15, 0.2) is 24.3 Å². The molecule has 0 aliphatic heterocycles. The number of aliphatic hydroxyl groups excluding tert-OH is 1. The molecule has 0 aliphatic carbocycles. The van der Waals surface area contributed by atoms with Gasteiger partial charge in [-0.15, -0.1) is 0 Å². The second-order valence-electron chi connectivity index (χ2n) is 3.18. The lowest BCUT2D eigenvalue weighted by Crippen LogP contribution is -2.06. The van der Waals surface area contributed by atoms with Gasteiger partial charge in [0.05, 0.1) is 6.10 Å². The first-order valence-electron chi connectivity index (χ1n) is 4.49. The summed E-state index contributed by atoms with van der Waals surface area (Å²) in [6.45, 7) is 3.97. The van der Waals surface area contributed by atoms with Crippen molar-refractivity contribution in [2.45, 2.75) is 32.8 Å². The molecular weight excluding hydrogens is 148 g/mol. The smallest absolute Gasteiger partial charge is 0.0552 e. The predicted octanol–water partition coefficient (Wildman–Crippen LogP) is 2.17. The van der Waals surface area contributed by atoms with Crippen molar-refractivity contribution < 1.29 is 5.11 Å². The zero-order chi connectivity index (χ0) is 8.97. The Morgan fingerprint density at radius 3 is 2.33 bits per heavy atom. The minimum Gasteiger partial charge on any atom is -0.393 e. The summed E-state index contributed by atoms with van der Waals surface area (Å²) in [5, 5.41) is 9.23. The van der Waals surface area contributed by atoms with Crippen LogP contribution in [0.5, 0.6) is 0 Å². The van der Waals surface area contributed by atoms with Gasteiger partial charge in [-0.25, -0.2) is 0 Å². The van der Waals surface area contributed by atoms with Gasteiger partial charge in [0.1, 0.15) is 0 Å². The number of hydrogen-bond acceptors (Lipinski definition) is 1.